The van der Waals surface area contributed by atoms with Gasteiger partial charge in [0.2, 0.25) is 6.79 Å². The number of H-pyrrole nitrogens is 1. The molecule has 2 aliphatic rings. The van der Waals surface area contributed by atoms with E-state index in [4.69, 9.17) is 26.1 Å². The molecule has 160 valence electrons. The van der Waals surface area contributed by atoms with Gasteiger partial charge in [-0.25, -0.2) is 9.97 Å². The van der Waals surface area contributed by atoms with Crippen molar-refractivity contribution in [2.45, 2.75) is 19.5 Å². The second-order valence-electron chi connectivity index (χ2n) is 7.88. The van der Waals surface area contributed by atoms with Crippen LogP contribution in [0.25, 0.3) is 22.3 Å². The van der Waals surface area contributed by atoms with Crippen molar-refractivity contribution >= 4 is 22.5 Å². The Bertz CT molecular complexity index is 1410. The zero-order valence-electron chi connectivity index (χ0n) is 17.0. The summed E-state index contributed by atoms with van der Waals surface area (Å²) < 4.78 is 10.9. The summed E-state index contributed by atoms with van der Waals surface area (Å²) in [6.45, 7) is 2.07. The van der Waals surface area contributed by atoms with Crippen LogP contribution in [0.1, 0.15) is 16.8 Å². The molecule has 1 aromatic carbocycles. The van der Waals surface area contributed by atoms with Crippen molar-refractivity contribution in [2.24, 2.45) is 0 Å². The molecule has 4 aromatic rings. The van der Waals surface area contributed by atoms with Gasteiger partial charge in [0, 0.05) is 61.0 Å². The summed E-state index contributed by atoms with van der Waals surface area (Å²) >= 11 is 6.50. The Kier molecular flexibility index (Phi) is 4.55. The maximum Gasteiger partial charge on any atom is 0.255 e. The summed E-state index contributed by atoms with van der Waals surface area (Å²) in [6, 6.07) is 9.50. The molecule has 0 spiro atoms. The van der Waals surface area contributed by atoms with Crippen LogP contribution in [0.3, 0.4) is 0 Å². The number of nitrogens with zero attached hydrogens (tertiary/aromatic N) is 4. The minimum atomic E-state index is -0.117. The summed E-state index contributed by atoms with van der Waals surface area (Å²) in [4.78, 5) is 31.2. The van der Waals surface area contributed by atoms with E-state index in [-0.39, 0.29) is 12.4 Å². The van der Waals surface area contributed by atoms with Gasteiger partial charge >= 0.3 is 0 Å². The van der Waals surface area contributed by atoms with E-state index in [1.54, 1.807) is 12.4 Å². The Hall–Kier alpha value is -3.49. The van der Waals surface area contributed by atoms with Gasteiger partial charge in [-0.05, 0) is 24.3 Å². The zero-order valence-corrected chi connectivity index (χ0v) is 17.7. The first-order valence-corrected chi connectivity index (χ1v) is 10.7. The van der Waals surface area contributed by atoms with Gasteiger partial charge in [-0.15, -0.1) is 0 Å². The van der Waals surface area contributed by atoms with E-state index >= 15 is 0 Å². The summed E-state index contributed by atoms with van der Waals surface area (Å²) in [5, 5.41) is 1.38. The average Bonchev–Trinajstić information content (AvgIpc) is 3.26. The SMILES string of the molecule is O=c1[nH]c(-c2cccnc2)nc2c1CN(Cc1cc3cc4c(cc3nc1Cl)OCO4)CC2. The van der Waals surface area contributed by atoms with Crippen molar-refractivity contribution in [3.63, 3.8) is 0 Å². The zero-order chi connectivity index (χ0) is 21.7. The molecule has 0 amide bonds. The van der Waals surface area contributed by atoms with E-state index in [2.05, 4.69) is 19.9 Å². The van der Waals surface area contributed by atoms with Crippen LogP contribution in [0.5, 0.6) is 11.5 Å². The minimum Gasteiger partial charge on any atom is -0.454 e. The van der Waals surface area contributed by atoms with Crippen LogP contribution in [0.2, 0.25) is 5.15 Å². The number of rotatable bonds is 3. The van der Waals surface area contributed by atoms with Gasteiger partial charge in [-0.3, -0.25) is 14.7 Å². The van der Waals surface area contributed by atoms with Crippen molar-refractivity contribution in [1.82, 2.24) is 24.8 Å². The highest BCUT2D eigenvalue weighted by molar-refractivity contribution is 6.30. The number of nitrogens with one attached hydrogen (secondary N) is 1. The Balaban J connectivity index is 1.27. The van der Waals surface area contributed by atoms with Gasteiger partial charge in [0.25, 0.3) is 5.56 Å². The number of ether oxygens (including phenoxy) is 2. The average molecular weight is 448 g/mol. The maximum atomic E-state index is 12.8. The Morgan fingerprint density at radius 1 is 1.16 bits per heavy atom. The second-order valence-corrected chi connectivity index (χ2v) is 8.24. The molecule has 3 aromatic heterocycles. The molecule has 0 saturated carbocycles. The summed E-state index contributed by atoms with van der Waals surface area (Å²) in [6.07, 6.45) is 4.07. The Morgan fingerprint density at radius 2 is 2.03 bits per heavy atom. The smallest absolute Gasteiger partial charge is 0.255 e. The molecule has 2 aliphatic heterocycles. The molecule has 0 radical (unpaired) electrons. The Morgan fingerprint density at radius 3 is 2.88 bits per heavy atom. The maximum absolute atomic E-state index is 12.8. The number of aromatic nitrogens is 4. The second kappa shape index (κ2) is 7.58. The molecule has 0 aliphatic carbocycles. The first kappa shape index (κ1) is 19.2. The number of fused-ring (bicyclic) bond motifs is 3. The van der Waals surface area contributed by atoms with Crippen LogP contribution in [-0.4, -0.2) is 38.2 Å². The van der Waals surface area contributed by atoms with Crippen molar-refractivity contribution < 1.29 is 9.47 Å². The van der Waals surface area contributed by atoms with Crippen LogP contribution in [-0.2, 0) is 19.5 Å². The van der Waals surface area contributed by atoms with Crippen LogP contribution in [0.15, 0.2) is 47.5 Å². The standard InChI is InChI=1S/C23H18ClN5O3/c24-21-15(6-14-7-19-20(32-12-31-19)8-18(14)26-21)10-29-5-3-17-16(11-29)23(30)28-22(27-17)13-2-1-4-25-9-13/h1-2,4,6-9H,3,5,10-12H2,(H,27,28,30). The molecule has 6 rings (SSSR count). The number of pyridine rings is 2. The van der Waals surface area contributed by atoms with Gasteiger partial charge in [0.15, 0.2) is 11.5 Å². The van der Waals surface area contributed by atoms with Crippen molar-refractivity contribution in [3.05, 3.63) is 75.1 Å². The summed E-state index contributed by atoms with van der Waals surface area (Å²) in [5.74, 6) is 1.94. The molecule has 0 atom stereocenters. The third kappa shape index (κ3) is 3.37. The fraction of sp³-hybridized carbons (Fsp3) is 0.217. The first-order valence-electron chi connectivity index (χ1n) is 10.3. The largest absolute Gasteiger partial charge is 0.454 e. The topological polar surface area (TPSA) is 93.2 Å². The van der Waals surface area contributed by atoms with Crippen LogP contribution < -0.4 is 15.0 Å². The van der Waals surface area contributed by atoms with E-state index in [0.29, 0.717) is 47.6 Å². The molecule has 9 heteroatoms. The lowest BCUT2D eigenvalue weighted by Crippen LogP contribution is -2.35. The molecule has 1 N–H and O–H groups in total. The lowest BCUT2D eigenvalue weighted by molar-refractivity contribution is 0.174. The molecule has 32 heavy (non-hydrogen) atoms. The van der Waals surface area contributed by atoms with Crippen LogP contribution in [0.4, 0.5) is 0 Å². The summed E-state index contributed by atoms with van der Waals surface area (Å²) in [5.41, 5.74) is 3.86. The fourth-order valence-electron chi connectivity index (χ4n) is 4.19. The molecule has 8 nitrogen and oxygen atoms in total. The number of aromatic amines is 1. The van der Waals surface area contributed by atoms with E-state index in [1.807, 2.05) is 30.3 Å². The van der Waals surface area contributed by atoms with Gasteiger partial charge in [-0.2, -0.15) is 0 Å². The third-order valence-corrected chi connectivity index (χ3v) is 6.14. The monoisotopic (exact) mass is 447 g/mol. The lowest BCUT2D eigenvalue weighted by Gasteiger charge is -2.28. The molecular weight excluding hydrogens is 430 g/mol. The van der Waals surface area contributed by atoms with Gasteiger partial charge in [-0.1, -0.05) is 11.6 Å². The molecule has 0 saturated heterocycles. The van der Waals surface area contributed by atoms with Crippen molar-refractivity contribution in [1.29, 1.82) is 0 Å². The van der Waals surface area contributed by atoms with E-state index < -0.39 is 0 Å². The molecule has 0 unspecified atom stereocenters. The normalized spacial score (nSPS) is 15.2. The number of benzene rings is 1. The van der Waals surface area contributed by atoms with Crippen molar-refractivity contribution in [3.8, 4) is 22.9 Å². The van der Waals surface area contributed by atoms with Gasteiger partial charge in [0.1, 0.15) is 11.0 Å². The number of halogens is 1. The molecule has 0 fully saturated rings. The number of hydrogen-bond donors (Lipinski definition) is 1. The van der Waals surface area contributed by atoms with E-state index in [1.165, 1.54) is 0 Å². The highest BCUT2D eigenvalue weighted by Crippen LogP contribution is 2.36. The molecule has 5 heterocycles. The van der Waals surface area contributed by atoms with Gasteiger partial charge in [0.05, 0.1) is 16.8 Å². The van der Waals surface area contributed by atoms with Crippen LogP contribution in [0, 0.1) is 0 Å². The Labute approximate surface area is 187 Å². The highest BCUT2D eigenvalue weighted by atomic mass is 35.5. The quantitative estimate of drug-likeness (QED) is 0.481. The fourth-order valence-corrected chi connectivity index (χ4v) is 4.40. The predicted molar refractivity (Wildman–Crippen MR) is 119 cm³/mol. The number of hydrogen-bond acceptors (Lipinski definition) is 7. The van der Waals surface area contributed by atoms with Crippen LogP contribution >= 0.6 is 11.6 Å². The first-order chi connectivity index (χ1) is 15.6. The summed E-state index contributed by atoms with van der Waals surface area (Å²) in [7, 11) is 0. The predicted octanol–water partition coefficient (Wildman–Crippen LogP) is 3.32. The van der Waals surface area contributed by atoms with Gasteiger partial charge < -0.3 is 14.5 Å². The third-order valence-electron chi connectivity index (χ3n) is 5.81. The van der Waals surface area contributed by atoms with E-state index in [9.17, 15) is 4.79 Å². The van der Waals surface area contributed by atoms with E-state index in [0.717, 1.165) is 34.3 Å². The minimum absolute atomic E-state index is 0.117. The van der Waals surface area contributed by atoms with Crippen molar-refractivity contribution in [2.75, 3.05) is 13.3 Å². The molecule has 0 bridgehead atoms. The molecular formula is C23H18ClN5O3. The highest BCUT2D eigenvalue weighted by Gasteiger charge is 2.23. The lowest BCUT2D eigenvalue weighted by atomic mass is 10.1.